The van der Waals surface area contributed by atoms with Gasteiger partial charge in [-0.1, -0.05) is 24.3 Å². The van der Waals surface area contributed by atoms with E-state index in [0.717, 1.165) is 39.0 Å². The van der Waals surface area contributed by atoms with Crippen LogP contribution < -0.4 is 5.32 Å². The average molecular weight is 413 g/mol. The van der Waals surface area contributed by atoms with Crippen molar-refractivity contribution in [2.75, 3.05) is 19.7 Å². The van der Waals surface area contributed by atoms with Crippen molar-refractivity contribution in [2.24, 2.45) is 0 Å². The molecule has 4 rings (SSSR count). The predicted octanol–water partition coefficient (Wildman–Crippen LogP) is 1.94. The lowest BCUT2D eigenvalue weighted by atomic mass is 9.74. The quantitative estimate of drug-likeness (QED) is 0.785. The fraction of sp³-hybridized carbons (Fsp3) is 0.565. The van der Waals surface area contributed by atoms with Gasteiger partial charge in [-0.3, -0.25) is 14.4 Å². The van der Waals surface area contributed by atoms with E-state index in [9.17, 15) is 9.90 Å². The van der Waals surface area contributed by atoms with Gasteiger partial charge in [0.1, 0.15) is 6.10 Å². The fourth-order valence-corrected chi connectivity index (χ4v) is 4.84. The van der Waals surface area contributed by atoms with Gasteiger partial charge < -0.3 is 15.2 Å². The number of nitrogens with one attached hydrogen (secondary N) is 1. The number of aromatic nitrogens is 2. The van der Waals surface area contributed by atoms with E-state index in [-0.39, 0.29) is 18.1 Å². The molecule has 0 unspecified atom stereocenters. The summed E-state index contributed by atoms with van der Waals surface area (Å²) < 4.78 is 8.05. The Morgan fingerprint density at radius 3 is 2.50 bits per heavy atom. The SMILES string of the molecule is CC(=O)N[C@@]1(C)CC2(CCN(Cc3ccc(Cn4cccn4)cc3)CC2)OC[C@@H]1O. The first-order valence-electron chi connectivity index (χ1n) is 10.7. The van der Waals surface area contributed by atoms with Gasteiger partial charge in [-0.2, -0.15) is 5.10 Å². The molecule has 2 aliphatic heterocycles. The molecule has 2 atom stereocenters. The molecule has 0 aliphatic carbocycles. The van der Waals surface area contributed by atoms with Crippen LogP contribution in [0.5, 0.6) is 0 Å². The van der Waals surface area contributed by atoms with Gasteiger partial charge in [0.05, 0.1) is 24.3 Å². The number of hydrogen-bond acceptors (Lipinski definition) is 5. The summed E-state index contributed by atoms with van der Waals surface area (Å²) in [4.78, 5) is 14.1. The van der Waals surface area contributed by atoms with Gasteiger partial charge in [0.2, 0.25) is 5.91 Å². The molecule has 3 heterocycles. The van der Waals surface area contributed by atoms with Gasteiger partial charge >= 0.3 is 0 Å². The number of carbonyl (C=O) groups excluding carboxylic acids is 1. The van der Waals surface area contributed by atoms with Crippen LogP contribution >= 0.6 is 0 Å². The number of aliphatic hydroxyl groups excluding tert-OH is 1. The zero-order valence-corrected chi connectivity index (χ0v) is 17.9. The van der Waals surface area contributed by atoms with Gasteiger partial charge in [-0.05, 0) is 37.0 Å². The lowest BCUT2D eigenvalue weighted by Crippen LogP contribution is -2.65. The maximum absolute atomic E-state index is 11.6. The molecule has 1 aromatic carbocycles. The zero-order valence-electron chi connectivity index (χ0n) is 17.9. The van der Waals surface area contributed by atoms with Gasteiger partial charge in [0.25, 0.3) is 0 Å². The van der Waals surface area contributed by atoms with Crippen molar-refractivity contribution in [1.29, 1.82) is 0 Å². The van der Waals surface area contributed by atoms with Gasteiger partial charge in [0.15, 0.2) is 0 Å². The van der Waals surface area contributed by atoms with Crippen LogP contribution in [0.1, 0.15) is 44.2 Å². The second-order valence-corrected chi connectivity index (χ2v) is 9.08. The summed E-state index contributed by atoms with van der Waals surface area (Å²) in [5, 5.41) is 17.6. The molecular weight excluding hydrogens is 380 g/mol. The maximum Gasteiger partial charge on any atom is 0.217 e. The predicted molar refractivity (Wildman–Crippen MR) is 114 cm³/mol. The van der Waals surface area contributed by atoms with Crippen molar-refractivity contribution in [1.82, 2.24) is 20.0 Å². The van der Waals surface area contributed by atoms with Crippen LogP contribution in [-0.2, 0) is 22.6 Å². The van der Waals surface area contributed by atoms with E-state index in [1.165, 1.54) is 18.1 Å². The first-order valence-corrected chi connectivity index (χ1v) is 10.7. The standard InChI is InChI=1S/C23H32N4O3/c1-18(28)25-22(2)17-23(30-16-21(22)29)8-12-26(13-9-23)14-19-4-6-20(7-5-19)15-27-11-3-10-24-27/h3-7,10-11,21,29H,8-9,12-17H2,1-2H3,(H,25,28)/t21-,22-/m0/s1. The summed E-state index contributed by atoms with van der Waals surface area (Å²) in [6, 6.07) is 10.7. The highest BCUT2D eigenvalue weighted by atomic mass is 16.5. The summed E-state index contributed by atoms with van der Waals surface area (Å²) in [6.45, 7) is 7.31. The average Bonchev–Trinajstić information content (AvgIpc) is 3.21. The number of amides is 1. The molecule has 2 N–H and O–H groups in total. The van der Waals surface area contributed by atoms with E-state index in [1.54, 1.807) is 6.20 Å². The fourth-order valence-electron chi connectivity index (χ4n) is 4.84. The number of ether oxygens (including phenoxy) is 1. The highest BCUT2D eigenvalue weighted by Gasteiger charge is 2.49. The van der Waals surface area contributed by atoms with E-state index in [0.29, 0.717) is 6.42 Å². The van der Waals surface area contributed by atoms with E-state index < -0.39 is 11.6 Å². The molecule has 2 aliphatic rings. The first-order chi connectivity index (χ1) is 14.4. The number of rotatable bonds is 5. The van der Waals surface area contributed by atoms with Crippen molar-refractivity contribution < 1.29 is 14.6 Å². The molecule has 1 amide bonds. The van der Waals surface area contributed by atoms with Crippen LogP contribution in [0, 0.1) is 0 Å². The van der Waals surface area contributed by atoms with Gasteiger partial charge in [-0.25, -0.2) is 0 Å². The Morgan fingerprint density at radius 1 is 1.23 bits per heavy atom. The summed E-state index contributed by atoms with van der Waals surface area (Å²) in [5.41, 5.74) is 1.65. The molecule has 30 heavy (non-hydrogen) atoms. The van der Waals surface area contributed by atoms with Crippen LogP contribution in [0.3, 0.4) is 0 Å². The number of carbonyl (C=O) groups is 1. The van der Waals surface area contributed by atoms with Crippen LogP contribution in [-0.4, -0.2) is 62.6 Å². The third-order valence-corrected chi connectivity index (χ3v) is 6.53. The normalized spacial score (nSPS) is 26.6. The third-order valence-electron chi connectivity index (χ3n) is 6.53. The van der Waals surface area contributed by atoms with Crippen molar-refractivity contribution in [2.45, 2.75) is 63.4 Å². The Kier molecular flexibility index (Phi) is 5.95. The number of benzene rings is 1. The molecule has 7 nitrogen and oxygen atoms in total. The van der Waals surface area contributed by atoms with E-state index >= 15 is 0 Å². The highest BCUT2D eigenvalue weighted by molar-refractivity contribution is 5.74. The Morgan fingerprint density at radius 2 is 1.90 bits per heavy atom. The summed E-state index contributed by atoms with van der Waals surface area (Å²) in [6.07, 6.45) is 5.56. The summed E-state index contributed by atoms with van der Waals surface area (Å²) in [5.74, 6) is -0.109. The van der Waals surface area contributed by atoms with Crippen molar-refractivity contribution in [3.8, 4) is 0 Å². The zero-order chi connectivity index (χ0) is 21.2. The minimum Gasteiger partial charge on any atom is -0.388 e. The van der Waals surface area contributed by atoms with E-state index in [4.69, 9.17) is 4.74 Å². The minimum atomic E-state index is -0.676. The lowest BCUT2D eigenvalue weighted by molar-refractivity contribution is -0.181. The van der Waals surface area contributed by atoms with Crippen LogP contribution in [0.2, 0.25) is 0 Å². The Labute approximate surface area is 178 Å². The molecule has 2 aromatic rings. The molecule has 1 spiro atoms. The van der Waals surface area contributed by atoms with Crippen LogP contribution in [0.4, 0.5) is 0 Å². The largest absolute Gasteiger partial charge is 0.388 e. The lowest BCUT2D eigenvalue weighted by Gasteiger charge is -2.52. The number of hydrogen-bond donors (Lipinski definition) is 2. The molecule has 2 fully saturated rings. The van der Waals surface area contributed by atoms with Gasteiger partial charge in [0, 0.05) is 45.4 Å². The molecule has 2 saturated heterocycles. The third kappa shape index (κ3) is 4.74. The second kappa shape index (κ2) is 8.49. The second-order valence-electron chi connectivity index (χ2n) is 9.08. The summed E-state index contributed by atoms with van der Waals surface area (Å²) in [7, 11) is 0. The van der Waals surface area contributed by atoms with Crippen molar-refractivity contribution in [3.63, 3.8) is 0 Å². The molecule has 1 aromatic heterocycles. The van der Waals surface area contributed by atoms with Crippen LogP contribution in [0.25, 0.3) is 0 Å². The van der Waals surface area contributed by atoms with E-state index in [2.05, 4.69) is 39.6 Å². The highest BCUT2D eigenvalue weighted by Crippen LogP contribution is 2.39. The Bertz CT molecular complexity index is 844. The monoisotopic (exact) mass is 412 g/mol. The van der Waals surface area contributed by atoms with Crippen molar-refractivity contribution >= 4 is 5.91 Å². The molecule has 0 radical (unpaired) electrons. The number of piperidine rings is 1. The van der Waals surface area contributed by atoms with Gasteiger partial charge in [-0.15, -0.1) is 0 Å². The molecule has 162 valence electrons. The van der Waals surface area contributed by atoms with Crippen LogP contribution in [0.15, 0.2) is 42.7 Å². The molecule has 7 heteroatoms. The number of likely N-dealkylation sites (tertiary alicyclic amines) is 1. The summed E-state index contributed by atoms with van der Waals surface area (Å²) >= 11 is 0. The molecule has 0 bridgehead atoms. The maximum atomic E-state index is 11.6. The topological polar surface area (TPSA) is 79.6 Å². The number of nitrogens with zero attached hydrogens (tertiary/aromatic N) is 3. The molecular formula is C23H32N4O3. The minimum absolute atomic E-state index is 0.109. The van der Waals surface area contributed by atoms with Crippen molar-refractivity contribution in [3.05, 3.63) is 53.9 Å². The Balaban J connectivity index is 1.31. The smallest absolute Gasteiger partial charge is 0.217 e. The van der Waals surface area contributed by atoms with E-state index in [1.807, 2.05) is 23.9 Å². The first kappa shape index (κ1) is 21.0. The Hall–Kier alpha value is -2.22. The number of aliphatic hydroxyl groups is 1. The molecule has 0 saturated carbocycles.